The highest BCUT2D eigenvalue weighted by Gasteiger charge is 2.27. The fourth-order valence-electron chi connectivity index (χ4n) is 1.20. The summed E-state index contributed by atoms with van der Waals surface area (Å²) >= 11 is 5.65. The Kier molecular flexibility index (Phi) is 6.15. The van der Waals surface area contributed by atoms with Crippen molar-refractivity contribution in [2.75, 3.05) is 0 Å². The second-order valence-electron chi connectivity index (χ2n) is 3.31. The van der Waals surface area contributed by atoms with Crippen molar-refractivity contribution < 1.29 is 13.2 Å². The Morgan fingerprint density at radius 1 is 1.19 bits per heavy atom. The minimum atomic E-state index is -4.15. The zero-order valence-corrected chi connectivity index (χ0v) is 9.87. The molecule has 0 saturated heterocycles. The van der Waals surface area contributed by atoms with Crippen LogP contribution in [0.5, 0.6) is 0 Å². The van der Waals surface area contributed by atoms with Crippen molar-refractivity contribution in [1.82, 2.24) is 0 Å². The molecular formula is C10H12Cl2F3N. The molecule has 1 nitrogen and oxygen atoms in total. The van der Waals surface area contributed by atoms with Crippen LogP contribution in [0.2, 0.25) is 5.02 Å². The summed E-state index contributed by atoms with van der Waals surface area (Å²) in [5.41, 5.74) is 6.28. The molecule has 0 aliphatic heterocycles. The summed E-state index contributed by atoms with van der Waals surface area (Å²) in [7, 11) is 0. The normalized spacial score (nSPS) is 13.1. The quantitative estimate of drug-likeness (QED) is 0.882. The molecule has 0 fully saturated rings. The van der Waals surface area contributed by atoms with Crippen LogP contribution < -0.4 is 5.73 Å². The van der Waals surface area contributed by atoms with E-state index in [1.165, 1.54) is 0 Å². The summed E-state index contributed by atoms with van der Waals surface area (Å²) in [4.78, 5) is 0. The van der Waals surface area contributed by atoms with Crippen LogP contribution in [0.15, 0.2) is 24.3 Å². The van der Waals surface area contributed by atoms with Gasteiger partial charge in [-0.3, -0.25) is 0 Å². The minimum absolute atomic E-state index is 0. The summed E-state index contributed by atoms with van der Waals surface area (Å²) in [6.45, 7) is 0. The highest BCUT2D eigenvalue weighted by atomic mass is 35.5. The lowest BCUT2D eigenvalue weighted by molar-refractivity contribution is -0.136. The van der Waals surface area contributed by atoms with Crippen molar-refractivity contribution in [3.8, 4) is 0 Å². The number of hydrogen-bond donors (Lipinski definition) is 1. The molecule has 1 aromatic carbocycles. The molecule has 1 rings (SSSR count). The summed E-state index contributed by atoms with van der Waals surface area (Å²) < 4.78 is 35.8. The first-order valence-corrected chi connectivity index (χ1v) is 4.84. The van der Waals surface area contributed by atoms with Gasteiger partial charge in [-0.1, -0.05) is 23.7 Å². The monoisotopic (exact) mass is 273 g/mol. The van der Waals surface area contributed by atoms with E-state index in [1.807, 2.05) is 0 Å². The Labute approximate surface area is 103 Å². The maximum atomic E-state index is 11.9. The van der Waals surface area contributed by atoms with Gasteiger partial charge in [-0.05, 0) is 24.1 Å². The van der Waals surface area contributed by atoms with Crippen LogP contribution in [0.4, 0.5) is 13.2 Å². The fraction of sp³-hybridized carbons (Fsp3) is 0.400. The number of hydrogen-bond acceptors (Lipinski definition) is 1. The van der Waals surface area contributed by atoms with Crippen molar-refractivity contribution in [3.05, 3.63) is 34.9 Å². The van der Waals surface area contributed by atoms with Gasteiger partial charge in [-0.2, -0.15) is 13.2 Å². The predicted octanol–water partition coefficient (Wildman–Crippen LogP) is 4.10. The predicted molar refractivity (Wildman–Crippen MR) is 60.9 cm³/mol. The van der Waals surface area contributed by atoms with Gasteiger partial charge in [-0.15, -0.1) is 12.4 Å². The molecule has 0 aliphatic carbocycles. The van der Waals surface area contributed by atoms with E-state index in [0.717, 1.165) is 0 Å². The molecule has 92 valence electrons. The lowest BCUT2D eigenvalue weighted by atomic mass is 10.0. The van der Waals surface area contributed by atoms with E-state index in [2.05, 4.69) is 0 Å². The number of benzene rings is 1. The van der Waals surface area contributed by atoms with E-state index in [4.69, 9.17) is 17.3 Å². The Hall–Kier alpha value is -0.450. The van der Waals surface area contributed by atoms with Crippen LogP contribution in [0, 0.1) is 0 Å². The van der Waals surface area contributed by atoms with Crippen molar-refractivity contribution in [2.24, 2.45) is 5.73 Å². The minimum Gasteiger partial charge on any atom is -0.324 e. The van der Waals surface area contributed by atoms with E-state index in [-0.39, 0.29) is 18.8 Å². The van der Waals surface area contributed by atoms with Gasteiger partial charge in [-0.25, -0.2) is 0 Å². The Morgan fingerprint density at radius 3 is 2.12 bits per heavy atom. The number of rotatable bonds is 3. The Morgan fingerprint density at radius 2 is 1.69 bits per heavy atom. The molecule has 0 radical (unpaired) electrons. The van der Waals surface area contributed by atoms with Crippen LogP contribution >= 0.6 is 24.0 Å². The van der Waals surface area contributed by atoms with Crippen molar-refractivity contribution >= 4 is 24.0 Å². The first kappa shape index (κ1) is 15.6. The molecular weight excluding hydrogens is 262 g/mol. The Bertz CT molecular complexity index is 311. The van der Waals surface area contributed by atoms with Gasteiger partial charge in [0.2, 0.25) is 0 Å². The molecule has 0 aliphatic rings. The first-order valence-electron chi connectivity index (χ1n) is 4.46. The van der Waals surface area contributed by atoms with Crippen molar-refractivity contribution in [2.45, 2.75) is 25.1 Å². The average Bonchev–Trinajstić information content (AvgIpc) is 2.14. The molecule has 6 heteroatoms. The van der Waals surface area contributed by atoms with Crippen molar-refractivity contribution in [1.29, 1.82) is 0 Å². The van der Waals surface area contributed by atoms with Gasteiger partial charge in [0.05, 0.1) is 0 Å². The third-order valence-electron chi connectivity index (χ3n) is 2.04. The van der Waals surface area contributed by atoms with E-state index in [9.17, 15) is 13.2 Å². The summed E-state index contributed by atoms with van der Waals surface area (Å²) in [5, 5.41) is 0.543. The molecule has 2 N–H and O–H groups in total. The second-order valence-corrected chi connectivity index (χ2v) is 3.75. The molecule has 0 unspecified atom stereocenters. The molecule has 1 aromatic rings. The number of nitrogens with two attached hydrogens (primary N) is 1. The van der Waals surface area contributed by atoms with E-state index >= 15 is 0 Å². The standard InChI is InChI=1S/C10H11ClF3N.ClH/c11-8-3-1-7(2-4-8)9(15)5-6-10(12,13)14;/h1-4,9H,5-6,15H2;1H/t9-;/m1./s1. The number of halogens is 5. The maximum absolute atomic E-state index is 11.9. The van der Waals surface area contributed by atoms with Crippen molar-refractivity contribution in [3.63, 3.8) is 0 Å². The van der Waals surface area contributed by atoms with E-state index in [1.54, 1.807) is 24.3 Å². The van der Waals surface area contributed by atoms with Gasteiger partial charge in [0.1, 0.15) is 0 Å². The van der Waals surface area contributed by atoms with E-state index in [0.29, 0.717) is 10.6 Å². The van der Waals surface area contributed by atoms with Gasteiger partial charge in [0, 0.05) is 17.5 Å². The smallest absolute Gasteiger partial charge is 0.324 e. The maximum Gasteiger partial charge on any atom is 0.389 e. The van der Waals surface area contributed by atoms with Crippen LogP contribution in [-0.4, -0.2) is 6.18 Å². The average molecular weight is 274 g/mol. The third kappa shape index (κ3) is 5.58. The lowest BCUT2D eigenvalue weighted by Gasteiger charge is -2.13. The zero-order chi connectivity index (χ0) is 11.5. The van der Waals surface area contributed by atoms with Gasteiger partial charge < -0.3 is 5.73 Å². The SMILES string of the molecule is Cl.N[C@H](CCC(F)(F)F)c1ccc(Cl)cc1. The topological polar surface area (TPSA) is 26.0 Å². The van der Waals surface area contributed by atoms with Gasteiger partial charge >= 0.3 is 6.18 Å². The van der Waals surface area contributed by atoms with Gasteiger partial charge in [0.15, 0.2) is 0 Å². The largest absolute Gasteiger partial charge is 0.389 e. The molecule has 0 bridgehead atoms. The molecule has 0 aromatic heterocycles. The van der Waals surface area contributed by atoms with Crippen LogP contribution in [-0.2, 0) is 0 Å². The van der Waals surface area contributed by atoms with E-state index < -0.39 is 18.6 Å². The van der Waals surface area contributed by atoms with Crippen LogP contribution in [0.3, 0.4) is 0 Å². The molecule has 0 amide bonds. The molecule has 0 heterocycles. The third-order valence-corrected chi connectivity index (χ3v) is 2.29. The van der Waals surface area contributed by atoms with Gasteiger partial charge in [0.25, 0.3) is 0 Å². The first-order chi connectivity index (χ1) is 6.88. The second kappa shape index (κ2) is 6.33. The zero-order valence-electron chi connectivity index (χ0n) is 8.30. The molecule has 0 saturated carbocycles. The lowest BCUT2D eigenvalue weighted by Crippen LogP contribution is -2.15. The fourth-order valence-corrected chi connectivity index (χ4v) is 1.32. The summed E-state index contributed by atoms with van der Waals surface area (Å²) in [6.07, 6.45) is -5.12. The summed E-state index contributed by atoms with van der Waals surface area (Å²) in [6, 6.07) is 5.92. The molecule has 0 spiro atoms. The van der Waals surface area contributed by atoms with Crippen LogP contribution in [0.1, 0.15) is 24.4 Å². The molecule has 1 atom stereocenters. The highest BCUT2D eigenvalue weighted by Crippen LogP contribution is 2.26. The Balaban J connectivity index is 0.00000225. The molecule has 16 heavy (non-hydrogen) atoms. The summed E-state index contributed by atoms with van der Waals surface area (Å²) in [5.74, 6) is 0. The van der Waals surface area contributed by atoms with Crippen LogP contribution in [0.25, 0.3) is 0 Å². The number of alkyl halides is 3. The highest BCUT2D eigenvalue weighted by molar-refractivity contribution is 6.30.